The molecule has 3 saturated heterocycles. The largest absolute Gasteiger partial charge is 0.441 e. The maximum atomic E-state index is 15.2. The predicted molar refractivity (Wildman–Crippen MR) is 350 cm³/mol. The van der Waals surface area contributed by atoms with Crippen LogP contribution >= 0.6 is 22.7 Å². The number of ether oxygens (including phenoxy) is 7. The fourth-order valence-corrected chi connectivity index (χ4v) is 12.3. The minimum Gasteiger partial charge on any atom is -0.441 e. The van der Waals surface area contributed by atoms with Crippen LogP contribution in [-0.2, 0) is 57.1 Å². The molecule has 47 heteroatoms. The highest BCUT2D eigenvalue weighted by atomic mass is 32.1. The number of H-pyrrole nitrogens is 1. The van der Waals surface area contributed by atoms with Crippen LogP contribution in [0.15, 0.2) is 23.3 Å². The Hall–Kier alpha value is -7.93. The first-order valence-electron chi connectivity index (χ1n) is 31.9. The molecule has 4 aromatic heterocycles. The fraction of sp³-hybridized carbons (Fsp3) is 0.632. The second-order valence-corrected chi connectivity index (χ2v) is 26.0. The molecule has 7 heterocycles. The molecule has 7 rings (SSSR count). The highest BCUT2D eigenvalue weighted by Gasteiger charge is 2.54. The Morgan fingerprint density at radius 3 is 2.04 bits per heavy atom. The number of aromatic amines is 1. The van der Waals surface area contributed by atoms with Gasteiger partial charge in [0.1, 0.15) is 112 Å². The van der Waals surface area contributed by atoms with Crippen LogP contribution in [0.4, 0.5) is 10.6 Å². The number of hydrogen-bond donors (Lipinski definition) is 25. The molecule has 0 saturated carbocycles. The molecule has 578 valence electrons. The Balaban J connectivity index is 1.19. The van der Waals surface area contributed by atoms with Crippen molar-refractivity contribution in [2.45, 2.75) is 193 Å². The van der Waals surface area contributed by atoms with Crippen LogP contribution in [0.3, 0.4) is 0 Å². The van der Waals surface area contributed by atoms with Gasteiger partial charge in [0.25, 0.3) is 11.8 Å². The lowest BCUT2D eigenvalue weighted by Crippen LogP contribution is -2.65. The van der Waals surface area contributed by atoms with Crippen LogP contribution in [0.5, 0.6) is 0 Å². The summed E-state index contributed by atoms with van der Waals surface area (Å²) in [6, 6.07) is -9.66. The number of nitrogens with two attached hydrogens (primary N) is 7. The summed E-state index contributed by atoms with van der Waals surface area (Å²) in [5.41, 5.74) is 38.8. The Morgan fingerprint density at radius 1 is 0.740 bits per heavy atom. The molecule has 0 bridgehead atoms. The topological polar surface area (TPSA) is 758 Å². The summed E-state index contributed by atoms with van der Waals surface area (Å²) in [5, 5.41) is 140. The number of nitrogens with zero attached hydrogens (tertiary/aromatic N) is 5. The van der Waals surface area contributed by atoms with Crippen molar-refractivity contribution in [3.05, 3.63) is 56.8 Å². The highest BCUT2D eigenvalue weighted by molar-refractivity contribution is 7.14. The minimum absolute atomic E-state index is 0.0336. The SMILES string of the molecule is Cc1c(N)nc([C@H](CC(N)=O)NC[C@H](N)C(N)=O)nc1C(=O)N[C@H](C(=O)N[C@H](C)[C@@H](O)CC(=O)N[C@H](C(=O)NC(O[C@@H]1O[C@@H](C)[C@@H](N)[C@@H](O)[C@H]1O)C(O)c1nc(-c2nc(C(=O)NCCN)cs2)cs1)[C@@H](C)O)[C@@H](O[C@@H]1O[C@@H](CO)[C@@H](O)[C@H](O)[C@@H]1O[C@H]1O[C@H](CO)[C@@H](O)[C@H](OC(N)=O)[C@@H]1O)c1cnc[nH]1. The summed E-state index contributed by atoms with van der Waals surface area (Å²) in [7, 11) is 0. The standard InChI is InChI=1S/C57H87N19O26S2/c1-16-31(73-46(75-44(16)62)21(7-28(60)81)67-9-20(59)45(63)90)48(92)74-33(41(22-10-65-15-68-22)99-56-43(37(86)34(83)26(11-77)98-56)100-55-39(88)42(101-57(64)95)35(84)27(12-78)97-55)50(94)69-17(2)25(80)8-29(82)72-32(18(3)79)49(93)76-51(102-54-38(87)36(85)30(61)19(4)96-54)40(89)53-71-24(14-104-53)52-70-23(13-103-52)47(91)66-6-5-58/h10,13-15,17-21,25-27,30,32-43,51,54-56,67,77-80,83-89H,5-9,11-12,58-59,61H2,1-4H3,(H2,60,81)(H2,63,90)(H2,64,95)(H,65,68)(H,66,91)(H,69,94)(H,72,82)(H,74,92)(H,76,93)(H2,62,73,75)/t17-,18-,19+,20+,21+,25+,26+,27-,30-,32+,33+,34-,35-,36-,37+,38-,39+,40?,41+,42+,43+,51?,54+,55-,56+/m1/s1. The number of carbonyl (C=O) groups excluding carboxylic acids is 8. The van der Waals surface area contributed by atoms with Crippen molar-refractivity contribution >= 4 is 75.9 Å². The summed E-state index contributed by atoms with van der Waals surface area (Å²) >= 11 is 1.86. The number of primary amides is 3. The van der Waals surface area contributed by atoms with Gasteiger partial charge >= 0.3 is 6.09 Å². The van der Waals surface area contributed by atoms with E-state index in [9.17, 15) is 89.7 Å². The third kappa shape index (κ3) is 20.8. The van der Waals surface area contributed by atoms with Gasteiger partial charge in [-0.25, -0.2) is 29.7 Å². The third-order valence-electron chi connectivity index (χ3n) is 16.6. The summed E-state index contributed by atoms with van der Waals surface area (Å²) in [6.07, 6.45) is -37.8. The van der Waals surface area contributed by atoms with Crippen LogP contribution in [0.1, 0.15) is 94.9 Å². The molecule has 3 aliphatic heterocycles. The first kappa shape index (κ1) is 83.3. The summed E-state index contributed by atoms with van der Waals surface area (Å²) in [6.45, 7) is 2.78. The van der Waals surface area contributed by atoms with Crippen LogP contribution in [0.2, 0.25) is 0 Å². The molecule has 2 unspecified atom stereocenters. The molecule has 32 N–H and O–H groups in total. The first-order valence-corrected chi connectivity index (χ1v) is 33.6. The van der Waals surface area contributed by atoms with Crippen molar-refractivity contribution < 1.29 is 128 Å². The van der Waals surface area contributed by atoms with Gasteiger partial charge in [0.15, 0.2) is 37.3 Å². The van der Waals surface area contributed by atoms with Crippen molar-refractivity contribution in [1.82, 2.24) is 61.8 Å². The van der Waals surface area contributed by atoms with E-state index in [1.54, 1.807) is 0 Å². The van der Waals surface area contributed by atoms with Gasteiger partial charge in [0, 0.05) is 42.4 Å². The van der Waals surface area contributed by atoms with Gasteiger partial charge < -0.3 is 166 Å². The Bertz CT molecular complexity index is 3570. The molecular formula is C57H87N19O26S2. The maximum absolute atomic E-state index is 15.2. The number of aliphatic hydroxyl groups is 11. The number of nitrogen functional groups attached to an aromatic ring is 1. The molecule has 0 spiro atoms. The van der Waals surface area contributed by atoms with Crippen molar-refractivity contribution in [2.75, 3.05) is 38.6 Å². The van der Waals surface area contributed by atoms with Crippen LogP contribution in [-0.4, -0.2) is 301 Å². The Kier molecular flexibility index (Phi) is 29.9. The molecular weight excluding hydrogens is 1430 g/mol. The molecule has 0 aliphatic carbocycles. The van der Waals surface area contributed by atoms with Gasteiger partial charge in [-0.05, 0) is 27.7 Å². The fourth-order valence-electron chi connectivity index (χ4n) is 10.6. The lowest BCUT2D eigenvalue weighted by molar-refractivity contribution is -0.372. The van der Waals surface area contributed by atoms with E-state index < -0.39 is 250 Å². The number of rotatable bonds is 35. The molecule has 4 aromatic rings. The van der Waals surface area contributed by atoms with Crippen LogP contribution < -0.4 is 72.0 Å². The average Bonchev–Trinajstić information content (AvgIpc) is 0.850. The zero-order chi connectivity index (χ0) is 76.9. The number of anilines is 1. The number of amides is 8. The number of thiazole rings is 2. The molecule has 0 radical (unpaired) electrons. The van der Waals surface area contributed by atoms with E-state index in [1.165, 1.54) is 24.6 Å². The summed E-state index contributed by atoms with van der Waals surface area (Å²) < 4.78 is 40.3. The normalized spacial score (nSPS) is 27.8. The predicted octanol–water partition coefficient (Wildman–Crippen LogP) is -11.6. The van der Waals surface area contributed by atoms with E-state index in [2.05, 4.69) is 61.8 Å². The number of aliphatic hydroxyl groups excluding tert-OH is 11. The Morgan fingerprint density at radius 2 is 1.41 bits per heavy atom. The number of hydrogen-bond acceptors (Lipinski definition) is 38. The average molecular weight is 1520 g/mol. The van der Waals surface area contributed by atoms with Gasteiger partial charge in [0.2, 0.25) is 29.5 Å². The molecule has 25 atom stereocenters. The lowest BCUT2D eigenvalue weighted by Gasteiger charge is -2.47. The molecule has 0 aromatic carbocycles. The summed E-state index contributed by atoms with van der Waals surface area (Å²) in [4.78, 5) is 131. The smallest absolute Gasteiger partial charge is 0.404 e. The van der Waals surface area contributed by atoms with Crippen LogP contribution in [0, 0.1) is 6.92 Å². The Labute approximate surface area is 597 Å². The van der Waals surface area contributed by atoms with E-state index >= 15 is 4.79 Å². The van der Waals surface area contributed by atoms with Gasteiger partial charge in [-0.15, -0.1) is 22.7 Å². The van der Waals surface area contributed by atoms with E-state index in [0.717, 1.165) is 49.0 Å². The molecule has 3 fully saturated rings. The van der Waals surface area contributed by atoms with E-state index in [-0.39, 0.29) is 45.7 Å². The second-order valence-electron chi connectivity index (χ2n) is 24.3. The molecule has 45 nitrogen and oxygen atoms in total. The number of imidazole rings is 1. The van der Waals surface area contributed by atoms with E-state index in [0.29, 0.717) is 0 Å². The monoisotopic (exact) mass is 1520 g/mol. The van der Waals surface area contributed by atoms with Crippen molar-refractivity contribution in [2.24, 2.45) is 34.4 Å². The van der Waals surface area contributed by atoms with Crippen molar-refractivity contribution in [3.8, 4) is 10.7 Å². The van der Waals surface area contributed by atoms with E-state index in [4.69, 9.17) is 73.3 Å². The second kappa shape index (κ2) is 37.4. The molecule has 8 amide bonds. The van der Waals surface area contributed by atoms with Crippen LogP contribution in [0.25, 0.3) is 10.7 Å². The molecule has 3 aliphatic rings. The zero-order valence-electron chi connectivity index (χ0n) is 55.8. The number of nitrogens with one attached hydrogen (secondary N) is 7. The van der Waals surface area contributed by atoms with Gasteiger partial charge in [-0.2, -0.15) is 0 Å². The van der Waals surface area contributed by atoms with Crippen molar-refractivity contribution in [3.63, 3.8) is 0 Å². The minimum atomic E-state index is -2.26. The molecule has 104 heavy (non-hydrogen) atoms. The quantitative estimate of drug-likeness (QED) is 0.0190. The zero-order valence-corrected chi connectivity index (χ0v) is 57.5. The van der Waals surface area contributed by atoms with Gasteiger partial charge in [-0.1, -0.05) is 0 Å². The van der Waals surface area contributed by atoms with Crippen molar-refractivity contribution in [1.29, 1.82) is 0 Å². The number of aromatic nitrogens is 6. The first-order chi connectivity index (χ1) is 49.1. The highest BCUT2D eigenvalue weighted by Crippen LogP contribution is 2.36. The summed E-state index contributed by atoms with van der Waals surface area (Å²) in [5.74, 6) is -8.37. The lowest BCUT2D eigenvalue weighted by atomic mass is 9.97. The van der Waals surface area contributed by atoms with E-state index in [1.807, 2.05) is 0 Å². The third-order valence-corrected chi connectivity index (χ3v) is 18.4. The van der Waals surface area contributed by atoms with Gasteiger partial charge in [-0.3, -0.25) is 33.6 Å². The van der Waals surface area contributed by atoms with Gasteiger partial charge in [0.05, 0.1) is 80.3 Å². The maximum Gasteiger partial charge on any atom is 0.404 e. The number of carbonyl (C=O) groups is 8.